The first-order valence-electron chi connectivity index (χ1n) is 9.73. The molecule has 5 rings (SSSR count). The lowest BCUT2D eigenvalue weighted by Crippen LogP contribution is -2.35. The number of hydrogen-bond donors (Lipinski definition) is 0. The van der Waals surface area contributed by atoms with Gasteiger partial charge in [0, 0.05) is 24.4 Å². The molecule has 0 atom stereocenters. The lowest BCUT2D eigenvalue weighted by atomic mass is 9.85. The molecule has 1 aromatic carbocycles. The summed E-state index contributed by atoms with van der Waals surface area (Å²) < 4.78 is 17.0. The van der Waals surface area contributed by atoms with Crippen molar-refractivity contribution in [3.05, 3.63) is 59.5 Å². The van der Waals surface area contributed by atoms with E-state index in [1.165, 1.54) is 6.42 Å². The van der Waals surface area contributed by atoms with E-state index in [-0.39, 0.29) is 5.91 Å². The van der Waals surface area contributed by atoms with Crippen LogP contribution in [0.4, 0.5) is 0 Å². The standard InChI is InChI=1S/C22H22N2O4/c1-26-16-7-5-14(6-8-16)18-9-10-20(27-18)22(25)24-12-11-19-17(13-24)23-21(28-19)15-3-2-4-15/h5-10,15H,2-4,11-13H2,1H3. The molecule has 0 N–H and O–H groups in total. The van der Waals surface area contributed by atoms with Gasteiger partial charge in [-0.1, -0.05) is 6.42 Å². The van der Waals surface area contributed by atoms with E-state index >= 15 is 0 Å². The van der Waals surface area contributed by atoms with Crippen LogP contribution >= 0.6 is 0 Å². The largest absolute Gasteiger partial charge is 0.497 e. The van der Waals surface area contributed by atoms with Gasteiger partial charge in [0.2, 0.25) is 0 Å². The first kappa shape index (κ1) is 17.1. The van der Waals surface area contributed by atoms with Crippen LogP contribution in [-0.2, 0) is 13.0 Å². The first-order valence-corrected chi connectivity index (χ1v) is 9.73. The smallest absolute Gasteiger partial charge is 0.289 e. The third-order valence-electron chi connectivity index (χ3n) is 5.68. The van der Waals surface area contributed by atoms with Gasteiger partial charge >= 0.3 is 0 Å². The molecule has 2 aromatic heterocycles. The van der Waals surface area contributed by atoms with E-state index in [1.54, 1.807) is 18.1 Å². The Kier molecular flexibility index (Phi) is 4.19. The molecular formula is C22H22N2O4. The van der Waals surface area contributed by atoms with Gasteiger partial charge in [-0.2, -0.15) is 0 Å². The van der Waals surface area contributed by atoms with Gasteiger partial charge in [-0.3, -0.25) is 4.79 Å². The molecule has 0 spiro atoms. The van der Waals surface area contributed by atoms with Crippen molar-refractivity contribution < 1.29 is 18.4 Å². The highest BCUT2D eigenvalue weighted by atomic mass is 16.5. The summed E-state index contributed by atoms with van der Waals surface area (Å²) in [6, 6.07) is 11.1. The summed E-state index contributed by atoms with van der Waals surface area (Å²) in [6.45, 7) is 1.09. The summed E-state index contributed by atoms with van der Waals surface area (Å²) in [4.78, 5) is 19.4. The van der Waals surface area contributed by atoms with Crippen molar-refractivity contribution >= 4 is 5.91 Å². The summed E-state index contributed by atoms with van der Waals surface area (Å²) in [5.41, 5.74) is 1.80. The number of fused-ring (bicyclic) bond motifs is 1. The molecule has 0 unspecified atom stereocenters. The van der Waals surface area contributed by atoms with Crippen molar-refractivity contribution in [2.24, 2.45) is 0 Å². The number of nitrogens with zero attached hydrogens (tertiary/aromatic N) is 2. The Hall–Kier alpha value is -3.02. The van der Waals surface area contributed by atoms with Gasteiger partial charge in [0.15, 0.2) is 11.7 Å². The quantitative estimate of drug-likeness (QED) is 0.673. The van der Waals surface area contributed by atoms with Gasteiger partial charge in [-0.15, -0.1) is 0 Å². The zero-order chi connectivity index (χ0) is 19.1. The number of benzene rings is 1. The number of amides is 1. The predicted octanol–water partition coefficient (Wildman–Crippen LogP) is 4.41. The molecule has 1 saturated carbocycles. The normalized spacial score (nSPS) is 16.5. The first-order chi connectivity index (χ1) is 13.7. The van der Waals surface area contributed by atoms with Crippen LogP contribution in [0.1, 0.15) is 53.1 Å². The van der Waals surface area contributed by atoms with Crippen LogP contribution in [-0.4, -0.2) is 29.4 Å². The minimum atomic E-state index is -0.112. The highest BCUT2D eigenvalue weighted by molar-refractivity contribution is 5.92. The molecule has 0 bridgehead atoms. The molecule has 0 saturated heterocycles. The van der Waals surface area contributed by atoms with Crippen molar-refractivity contribution in [2.45, 2.75) is 38.1 Å². The van der Waals surface area contributed by atoms with Gasteiger partial charge in [0.25, 0.3) is 5.91 Å². The van der Waals surface area contributed by atoms with Crippen LogP contribution in [0.3, 0.4) is 0 Å². The van der Waals surface area contributed by atoms with Crippen LogP contribution < -0.4 is 4.74 Å². The van der Waals surface area contributed by atoms with Crippen LogP contribution in [0.25, 0.3) is 11.3 Å². The Morgan fingerprint density at radius 3 is 2.68 bits per heavy atom. The lowest BCUT2D eigenvalue weighted by Gasteiger charge is -2.24. The number of rotatable bonds is 4. The number of carbonyl (C=O) groups excluding carboxylic acids is 1. The molecule has 3 heterocycles. The maximum atomic E-state index is 12.9. The highest BCUT2D eigenvalue weighted by Crippen LogP contribution is 2.37. The molecule has 144 valence electrons. The average molecular weight is 378 g/mol. The molecule has 0 radical (unpaired) electrons. The number of methoxy groups -OCH3 is 1. The van der Waals surface area contributed by atoms with E-state index in [2.05, 4.69) is 4.98 Å². The van der Waals surface area contributed by atoms with Crippen LogP contribution in [0.2, 0.25) is 0 Å². The molecule has 1 amide bonds. The number of hydrogen-bond acceptors (Lipinski definition) is 5. The third kappa shape index (κ3) is 2.99. The summed E-state index contributed by atoms with van der Waals surface area (Å²) in [5, 5.41) is 0. The van der Waals surface area contributed by atoms with Gasteiger partial charge in [-0.05, 0) is 49.2 Å². The SMILES string of the molecule is COc1ccc(-c2ccc(C(=O)N3CCc4oc(C5CCC5)nc4C3)o2)cc1. The molecule has 28 heavy (non-hydrogen) atoms. The van der Waals surface area contributed by atoms with E-state index in [4.69, 9.17) is 13.6 Å². The van der Waals surface area contributed by atoms with Crippen molar-refractivity contribution in [3.63, 3.8) is 0 Å². The van der Waals surface area contributed by atoms with Crippen LogP contribution in [0.5, 0.6) is 5.75 Å². The van der Waals surface area contributed by atoms with Crippen molar-refractivity contribution in [2.75, 3.05) is 13.7 Å². The maximum absolute atomic E-state index is 12.9. The average Bonchev–Trinajstić information content (AvgIpc) is 3.32. The van der Waals surface area contributed by atoms with E-state index in [0.717, 1.165) is 41.5 Å². The topological polar surface area (TPSA) is 68.7 Å². The number of aromatic nitrogens is 1. The monoisotopic (exact) mass is 378 g/mol. The molecular weight excluding hydrogens is 356 g/mol. The fraction of sp³-hybridized carbons (Fsp3) is 0.364. The Labute approximate surface area is 163 Å². The van der Waals surface area contributed by atoms with Crippen LogP contribution in [0, 0.1) is 0 Å². The molecule has 1 aliphatic heterocycles. The van der Waals surface area contributed by atoms with E-state index in [0.29, 0.717) is 36.9 Å². The maximum Gasteiger partial charge on any atom is 0.289 e. The summed E-state index contributed by atoms with van der Waals surface area (Å²) in [6.07, 6.45) is 4.26. The fourth-order valence-electron chi connectivity index (χ4n) is 3.74. The number of furan rings is 1. The minimum Gasteiger partial charge on any atom is -0.497 e. The second-order valence-corrected chi connectivity index (χ2v) is 7.42. The number of ether oxygens (including phenoxy) is 1. The van der Waals surface area contributed by atoms with Gasteiger partial charge in [0.05, 0.1) is 13.7 Å². The molecule has 6 heteroatoms. The Balaban J connectivity index is 1.31. The summed E-state index contributed by atoms with van der Waals surface area (Å²) >= 11 is 0. The van der Waals surface area contributed by atoms with Crippen molar-refractivity contribution in [1.29, 1.82) is 0 Å². The third-order valence-corrected chi connectivity index (χ3v) is 5.68. The van der Waals surface area contributed by atoms with Crippen molar-refractivity contribution in [3.8, 4) is 17.1 Å². The summed E-state index contributed by atoms with van der Waals surface area (Å²) in [5.74, 6) is 3.93. The number of oxazole rings is 1. The van der Waals surface area contributed by atoms with Gasteiger partial charge in [-0.25, -0.2) is 4.98 Å². The zero-order valence-corrected chi connectivity index (χ0v) is 15.8. The van der Waals surface area contributed by atoms with E-state index in [9.17, 15) is 4.79 Å². The fourth-order valence-corrected chi connectivity index (χ4v) is 3.74. The Morgan fingerprint density at radius 1 is 1.14 bits per heavy atom. The zero-order valence-electron chi connectivity index (χ0n) is 15.8. The van der Waals surface area contributed by atoms with Crippen molar-refractivity contribution in [1.82, 2.24) is 9.88 Å². The minimum absolute atomic E-state index is 0.112. The number of carbonyl (C=O) groups is 1. The molecule has 6 nitrogen and oxygen atoms in total. The Morgan fingerprint density at radius 2 is 1.96 bits per heavy atom. The second-order valence-electron chi connectivity index (χ2n) is 7.42. The van der Waals surface area contributed by atoms with Crippen LogP contribution in [0.15, 0.2) is 45.2 Å². The molecule has 2 aliphatic rings. The molecule has 1 aliphatic carbocycles. The Bertz CT molecular complexity index is 998. The summed E-state index contributed by atoms with van der Waals surface area (Å²) in [7, 11) is 1.63. The second kappa shape index (κ2) is 6.86. The van der Waals surface area contributed by atoms with E-state index < -0.39 is 0 Å². The van der Waals surface area contributed by atoms with Gasteiger partial charge < -0.3 is 18.5 Å². The highest BCUT2D eigenvalue weighted by Gasteiger charge is 2.31. The predicted molar refractivity (Wildman–Crippen MR) is 102 cm³/mol. The lowest BCUT2D eigenvalue weighted by molar-refractivity contribution is 0.0696. The van der Waals surface area contributed by atoms with Gasteiger partial charge in [0.1, 0.15) is 23.0 Å². The molecule has 3 aromatic rings. The molecule has 1 fully saturated rings. The van der Waals surface area contributed by atoms with E-state index in [1.807, 2.05) is 30.3 Å².